The molecule has 0 N–H and O–H groups in total. The van der Waals surface area contributed by atoms with Gasteiger partial charge in [0.05, 0.1) is 12.7 Å². The monoisotopic (exact) mass is 196 g/mol. The molecule has 0 fully saturated rings. The van der Waals surface area contributed by atoms with Crippen LogP contribution in [0.4, 0.5) is 4.39 Å². The molecule has 4 heteroatoms. The summed E-state index contributed by atoms with van der Waals surface area (Å²) in [6.07, 6.45) is 0.726. The molecule has 0 aromatic carbocycles. The molecule has 2 nitrogen and oxygen atoms in total. The van der Waals surface area contributed by atoms with E-state index in [9.17, 15) is 9.18 Å². The quantitative estimate of drug-likeness (QED) is 0.497. The second-order valence-electron chi connectivity index (χ2n) is 1.19. The van der Waals surface area contributed by atoms with Crippen LogP contribution < -0.4 is 0 Å². The van der Waals surface area contributed by atoms with Crippen LogP contribution in [0.1, 0.15) is 6.92 Å². The summed E-state index contributed by atoms with van der Waals surface area (Å²) in [6.45, 7) is 1.91. The van der Waals surface area contributed by atoms with E-state index >= 15 is 0 Å². The van der Waals surface area contributed by atoms with Gasteiger partial charge >= 0.3 is 5.97 Å². The molecule has 0 aliphatic carbocycles. The van der Waals surface area contributed by atoms with Crippen molar-refractivity contribution in [1.82, 2.24) is 0 Å². The summed E-state index contributed by atoms with van der Waals surface area (Å²) < 4.78 is 15.4. The average Bonchev–Trinajstić information content (AvgIpc) is 1.63. The Labute approximate surface area is 60.8 Å². The summed E-state index contributed by atoms with van der Waals surface area (Å²) in [6, 6.07) is 0. The maximum absolute atomic E-state index is 11.8. The van der Waals surface area contributed by atoms with Crippen LogP contribution in [0.25, 0.3) is 0 Å². The van der Waals surface area contributed by atoms with Crippen LogP contribution in [0.5, 0.6) is 0 Å². The Hall–Kier alpha value is -0.380. The molecule has 0 spiro atoms. The zero-order valence-corrected chi connectivity index (χ0v) is 6.44. The van der Waals surface area contributed by atoms with Crippen molar-refractivity contribution in [2.24, 2.45) is 0 Å². The van der Waals surface area contributed by atoms with Gasteiger partial charge in [0.25, 0.3) is 0 Å². The second-order valence-corrected chi connectivity index (χ2v) is 1.94. The van der Waals surface area contributed by atoms with Gasteiger partial charge in [0.15, 0.2) is 4.74 Å². The lowest BCUT2D eigenvalue weighted by molar-refractivity contribution is -0.137. The van der Waals surface area contributed by atoms with E-state index in [0.29, 0.717) is 0 Å². The Kier molecular flexibility index (Phi) is 4.30. The van der Waals surface area contributed by atoms with Crippen LogP contribution >= 0.6 is 15.9 Å². The Morgan fingerprint density at radius 3 is 2.78 bits per heavy atom. The Bertz CT molecular complexity index is 129. The van der Waals surface area contributed by atoms with Gasteiger partial charge in [-0.25, -0.2) is 4.79 Å². The van der Waals surface area contributed by atoms with Crippen LogP contribution in [0.15, 0.2) is 10.8 Å². The van der Waals surface area contributed by atoms with Gasteiger partial charge in [-0.15, -0.1) is 0 Å². The lowest BCUT2D eigenvalue weighted by Crippen LogP contribution is -1.98. The van der Waals surface area contributed by atoms with Gasteiger partial charge in [0.1, 0.15) is 0 Å². The molecule has 0 atom stereocenters. The summed E-state index contributed by atoms with van der Waals surface area (Å²) in [4.78, 5) is 10.3. The molecule has 0 saturated carbocycles. The summed E-state index contributed by atoms with van der Waals surface area (Å²) in [5, 5.41) is 0. The lowest BCUT2D eigenvalue weighted by Gasteiger charge is -1.92. The van der Waals surface area contributed by atoms with E-state index in [1.54, 1.807) is 6.92 Å². The average molecular weight is 197 g/mol. The minimum Gasteiger partial charge on any atom is -0.463 e. The fourth-order valence-electron chi connectivity index (χ4n) is 0.273. The number of rotatable bonds is 2. The van der Waals surface area contributed by atoms with Crippen molar-refractivity contribution in [3.63, 3.8) is 0 Å². The van der Waals surface area contributed by atoms with Gasteiger partial charge in [0.2, 0.25) is 0 Å². The van der Waals surface area contributed by atoms with Crippen molar-refractivity contribution in [2.75, 3.05) is 6.61 Å². The zero-order chi connectivity index (χ0) is 7.28. The second kappa shape index (κ2) is 4.49. The number of hydrogen-bond donors (Lipinski definition) is 0. The minimum absolute atomic E-state index is 0.260. The van der Waals surface area contributed by atoms with E-state index in [4.69, 9.17) is 0 Å². The number of carbonyl (C=O) groups excluding carboxylic acids is 1. The molecule has 0 aliphatic rings. The van der Waals surface area contributed by atoms with Crippen LogP contribution in [-0.4, -0.2) is 12.6 Å². The molecule has 0 aromatic heterocycles. The number of hydrogen-bond acceptors (Lipinski definition) is 2. The third-order valence-electron chi connectivity index (χ3n) is 0.514. The van der Waals surface area contributed by atoms with Crippen LogP contribution in [0.2, 0.25) is 0 Å². The van der Waals surface area contributed by atoms with Crippen molar-refractivity contribution in [3.05, 3.63) is 10.8 Å². The molecule has 0 radical (unpaired) electrons. The highest BCUT2D eigenvalue weighted by molar-refractivity contribution is 9.11. The molecule has 0 rings (SSSR count). The molecule has 52 valence electrons. The smallest absolute Gasteiger partial charge is 0.334 e. The predicted molar refractivity (Wildman–Crippen MR) is 34.8 cm³/mol. The molecule has 0 amide bonds. The highest BCUT2D eigenvalue weighted by Crippen LogP contribution is 2.04. The van der Waals surface area contributed by atoms with Crippen LogP contribution in [-0.2, 0) is 9.53 Å². The van der Waals surface area contributed by atoms with Crippen molar-refractivity contribution < 1.29 is 13.9 Å². The molecular formula is C5H6BrFO2. The van der Waals surface area contributed by atoms with Gasteiger partial charge in [-0.05, 0) is 22.9 Å². The van der Waals surface area contributed by atoms with Gasteiger partial charge in [0, 0.05) is 0 Å². The molecule has 0 aromatic rings. The van der Waals surface area contributed by atoms with E-state index in [-0.39, 0.29) is 6.61 Å². The number of ether oxygens (including phenoxy) is 1. The van der Waals surface area contributed by atoms with E-state index < -0.39 is 10.7 Å². The molecule has 9 heavy (non-hydrogen) atoms. The molecule has 0 aliphatic heterocycles. The number of esters is 1. The number of halogens is 2. The third-order valence-corrected chi connectivity index (χ3v) is 0.742. The molecular weight excluding hydrogens is 191 g/mol. The van der Waals surface area contributed by atoms with Crippen molar-refractivity contribution in [2.45, 2.75) is 6.92 Å². The summed E-state index contributed by atoms with van der Waals surface area (Å²) in [5.74, 6) is -0.674. The first-order chi connectivity index (χ1) is 4.16. The van der Waals surface area contributed by atoms with Gasteiger partial charge in [-0.3, -0.25) is 0 Å². The van der Waals surface area contributed by atoms with E-state index in [2.05, 4.69) is 20.7 Å². The first-order valence-corrected chi connectivity index (χ1v) is 3.15. The fraction of sp³-hybridized carbons (Fsp3) is 0.400. The highest BCUT2D eigenvalue weighted by Gasteiger charge is 1.95. The fourth-order valence-corrected chi connectivity index (χ4v) is 0.460. The largest absolute Gasteiger partial charge is 0.463 e. The van der Waals surface area contributed by atoms with Crippen molar-refractivity contribution in [1.29, 1.82) is 0 Å². The Morgan fingerprint density at radius 2 is 2.44 bits per heavy atom. The summed E-state index contributed by atoms with van der Waals surface area (Å²) >= 11 is 2.44. The number of carbonyl (C=O) groups is 1. The maximum Gasteiger partial charge on any atom is 0.334 e. The van der Waals surface area contributed by atoms with Crippen LogP contribution in [0, 0.1) is 0 Å². The third kappa shape index (κ3) is 5.49. The van der Waals surface area contributed by atoms with Crippen molar-refractivity contribution >= 4 is 21.9 Å². The summed E-state index contributed by atoms with van der Waals surface area (Å²) in [7, 11) is 0. The SMILES string of the molecule is CCOC(=O)/C=C(\F)Br. The van der Waals surface area contributed by atoms with Gasteiger partial charge < -0.3 is 4.74 Å². The normalized spacial score (nSPS) is 11.2. The Morgan fingerprint density at radius 1 is 1.89 bits per heavy atom. The molecule has 0 saturated heterocycles. The molecule has 0 bridgehead atoms. The van der Waals surface area contributed by atoms with Crippen LogP contribution in [0.3, 0.4) is 0 Å². The highest BCUT2D eigenvalue weighted by atomic mass is 79.9. The first kappa shape index (κ1) is 8.62. The summed E-state index contributed by atoms with van der Waals surface area (Å²) in [5.41, 5.74) is 0. The van der Waals surface area contributed by atoms with E-state index in [0.717, 1.165) is 6.08 Å². The predicted octanol–water partition coefficient (Wildman–Crippen LogP) is 1.76. The standard InChI is InChI=1S/C5H6BrFO2/c1-2-9-5(8)3-4(6)7/h3H,2H2,1H3/b4-3-. The molecule has 0 heterocycles. The molecule has 0 unspecified atom stereocenters. The zero-order valence-electron chi connectivity index (χ0n) is 4.86. The first-order valence-electron chi connectivity index (χ1n) is 2.36. The topological polar surface area (TPSA) is 26.3 Å². The minimum atomic E-state index is -0.721. The maximum atomic E-state index is 11.8. The Balaban J connectivity index is 3.63. The lowest BCUT2D eigenvalue weighted by atomic mass is 10.6. The van der Waals surface area contributed by atoms with Crippen molar-refractivity contribution in [3.8, 4) is 0 Å². The van der Waals surface area contributed by atoms with Gasteiger partial charge in [-0.1, -0.05) is 0 Å². The van der Waals surface area contributed by atoms with E-state index in [1.165, 1.54) is 0 Å². The van der Waals surface area contributed by atoms with E-state index in [1.807, 2.05) is 0 Å². The van der Waals surface area contributed by atoms with Gasteiger partial charge in [-0.2, -0.15) is 4.39 Å².